The monoisotopic (exact) mass is 585 g/mol. The lowest BCUT2D eigenvalue weighted by atomic mass is 9.70. The molecule has 9 nitrogen and oxygen atoms in total. The molecule has 3 N–H and O–H groups in total. The van der Waals surface area contributed by atoms with Crippen molar-refractivity contribution >= 4 is 39.9 Å². The van der Waals surface area contributed by atoms with Crippen LogP contribution < -0.4 is 15.4 Å². The summed E-state index contributed by atoms with van der Waals surface area (Å²) in [5.74, 6) is -1.97. The van der Waals surface area contributed by atoms with E-state index in [1.54, 1.807) is 24.3 Å². The number of amides is 3. The van der Waals surface area contributed by atoms with Gasteiger partial charge in [0.1, 0.15) is 17.4 Å². The number of anilines is 2. The molecule has 9 heteroatoms. The summed E-state index contributed by atoms with van der Waals surface area (Å²) in [7, 11) is 0. The number of rotatable bonds is 10. The third-order valence-corrected chi connectivity index (χ3v) is 9.58. The molecule has 43 heavy (non-hydrogen) atoms. The van der Waals surface area contributed by atoms with Crippen LogP contribution in [0.1, 0.15) is 40.0 Å². The summed E-state index contributed by atoms with van der Waals surface area (Å²) in [6.07, 6.45) is 1.26. The minimum absolute atomic E-state index is 0.0755. The van der Waals surface area contributed by atoms with Gasteiger partial charge in [-0.3, -0.25) is 14.4 Å². The summed E-state index contributed by atoms with van der Waals surface area (Å²) in [4.78, 5) is 43.9. The average Bonchev–Trinajstić information content (AvgIpc) is 3.66. The van der Waals surface area contributed by atoms with E-state index < -0.39 is 35.6 Å². The molecule has 2 bridgehead atoms. The molecular formula is C34H39N3O6. The van der Waals surface area contributed by atoms with E-state index in [4.69, 9.17) is 9.47 Å². The maximum Gasteiger partial charge on any atom is 0.250 e. The van der Waals surface area contributed by atoms with Crippen LogP contribution in [-0.4, -0.2) is 64.7 Å². The first kappa shape index (κ1) is 29.1. The van der Waals surface area contributed by atoms with Crippen LogP contribution in [0.2, 0.25) is 0 Å². The van der Waals surface area contributed by atoms with E-state index in [1.807, 2.05) is 63.2 Å². The van der Waals surface area contributed by atoms with Gasteiger partial charge in [-0.15, -0.1) is 0 Å². The van der Waals surface area contributed by atoms with Crippen molar-refractivity contribution in [2.24, 2.45) is 17.8 Å². The summed E-state index contributed by atoms with van der Waals surface area (Å²) in [5, 5.41) is 18.6. The highest BCUT2D eigenvalue weighted by atomic mass is 16.5. The molecular weight excluding hydrogens is 546 g/mol. The second-order valence-corrected chi connectivity index (χ2v) is 11.9. The molecule has 0 radical (unpaired) electrons. The summed E-state index contributed by atoms with van der Waals surface area (Å²) in [6.45, 7) is 6.10. The third kappa shape index (κ3) is 4.94. The van der Waals surface area contributed by atoms with E-state index in [0.29, 0.717) is 43.0 Å². The lowest BCUT2D eigenvalue weighted by molar-refractivity contribution is -0.144. The third-order valence-electron chi connectivity index (χ3n) is 9.58. The van der Waals surface area contributed by atoms with Gasteiger partial charge >= 0.3 is 0 Å². The van der Waals surface area contributed by atoms with E-state index in [2.05, 4.69) is 10.6 Å². The number of nitrogens with zero attached hydrogens (tertiary/aromatic N) is 1. The maximum atomic E-state index is 14.4. The number of ether oxygens (including phenoxy) is 2. The number of likely N-dealkylation sites (tertiary alicyclic amines) is 1. The first-order valence-electron chi connectivity index (χ1n) is 15.3. The molecule has 7 atom stereocenters. The quantitative estimate of drug-likeness (QED) is 0.320. The van der Waals surface area contributed by atoms with Gasteiger partial charge in [0, 0.05) is 11.4 Å². The molecule has 3 aromatic carbocycles. The molecule has 3 saturated heterocycles. The highest BCUT2D eigenvalue weighted by molar-refractivity contribution is 6.05. The Balaban J connectivity index is 1.33. The summed E-state index contributed by atoms with van der Waals surface area (Å²) in [6, 6.07) is 19.1. The first-order valence-corrected chi connectivity index (χ1v) is 15.3. The van der Waals surface area contributed by atoms with Gasteiger partial charge in [-0.2, -0.15) is 0 Å². The largest absolute Gasteiger partial charge is 0.494 e. The van der Waals surface area contributed by atoms with Gasteiger partial charge in [0.05, 0.1) is 37.2 Å². The fourth-order valence-electron chi connectivity index (χ4n) is 7.37. The molecule has 3 amide bonds. The maximum absolute atomic E-state index is 14.4. The summed E-state index contributed by atoms with van der Waals surface area (Å²) in [5.41, 5.74) is 0.0353. The highest BCUT2D eigenvalue weighted by Crippen LogP contribution is 2.59. The van der Waals surface area contributed by atoms with Crippen LogP contribution in [0.3, 0.4) is 0 Å². The molecule has 3 aliphatic heterocycles. The van der Waals surface area contributed by atoms with Gasteiger partial charge in [0.15, 0.2) is 0 Å². The van der Waals surface area contributed by atoms with E-state index >= 15 is 0 Å². The second kappa shape index (κ2) is 11.6. The smallest absolute Gasteiger partial charge is 0.250 e. The number of hydrogen-bond donors (Lipinski definition) is 3. The number of carbonyl (C=O) groups is 3. The van der Waals surface area contributed by atoms with Crippen LogP contribution in [0.5, 0.6) is 5.75 Å². The zero-order valence-corrected chi connectivity index (χ0v) is 24.8. The Morgan fingerprint density at radius 1 is 1.02 bits per heavy atom. The van der Waals surface area contributed by atoms with E-state index in [-0.39, 0.29) is 30.2 Å². The average molecular weight is 586 g/mol. The number of aliphatic hydroxyl groups excluding tert-OH is 1. The fourth-order valence-corrected chi connectivity index (χ4v) is 7.37. The van der Waals surface area contributed by atoms with E-state index in [0.717, 1.165) is 10.8 Å². The molecule has 6 rings (SSSR count). The normalized spacial score (nSPS) is 27.2. The van der Waals surface area contributed by atoms with E-state index in [1.165, 1.54) is 4.90 Å². The minimum Gasteiger partial charge on any atom is -0.494 e. The number of carbonyl (C=O) groups excluding carboxylic acids is 3. The van der Waals surface area contributed by atoms with Gasteiger partial charge in [0.25, 0.3) is 0 Å². The van der Waals surface area contributed by atoms with Gasteiger partial charge in [0.2, 0.25) is 17.7 Å². The number of aliphatic hydroxyl groups is 1. The number of benzene rings is 3. The fraction of sp³-hybridized carbons (Fsp3) is 0.441. The second-order valence-electron chi connectivity index (χ2n) is 11.9. The predicted molar refractivity (Wildman–Crippen MR) is 164 cm³/mol. The Morgan fingerprint density at radius 3 is 2.42 bits per heavy atom. The summed E-state index contributed by atoms with van der Waals surface area (Å²) < 4.78 is 12.1. The molecule has 1 spiro atoms. The molecule has 2 unspecified atom stereocenters. The zero-order valence-electron chi connectivity index (χ0n) is 24.8. The molecule has 3 heterocycles. The Bertz CT molecular complexity index is 1530. The van der Waals surface area contributed by atoms with Crippen molar-refractivity contribution in [2.45, 2.75) is 63.8 Å². The van der Waals surface area contributed by atoms with Crippen molar-refractivity contribution in [3.8, 4) is 5.75 Å². The highest BCUT2D eigenvalue weighted by Gasteiger charge is 2.75. The molecule has 0 aromatic heterocycles. The Kier molecular flexibility index (Phi) is 7.87. The van der Waals surface area contributed by atoms with Crippen LogP contribution in [0.4, 0.5) is 11.4 Å². The van der Waals surface area contributed by atoms with Crippen molar-refractivity contribution in [3.05, 3.63) is 66.7 Å². The Labute approximate surface area is 251 Å². The number of hydrogen-bond acceptors (Lipinski definition) is 6. The van der Waals surface area contributed by atoms with Gasteiger partial charge in [-0.1, -0.05) is 50.6 Å². The van der Waals surface area contributed by atoms with Gasteiger partial charge in [-0.25, -0.2) is 0 Å². The lowest BCUT2D eigenvalue weighted by Crippen LogP contribution is -2.57. The number of fused-ring (bicyclic) bond motifs is 2. The van der Waals surface area contributed by atoms with Gasteiger partial charge in [-0.05, 0) is 72.9 Å². The van der Waals surface area contributed by atoms with Crippen LogP contribution in [0.25, 0.3) is 10.8 Å². The van der Waals surface area contributed by atoms with Crippen molar-refractivity contribution < 1.29 is 29.0 Å². The van der Waals surface area contributed by atoms with Crippen molar-refractivity contribution in [1.29, 1.82) is 0 Å². The van der Waals surface area contributed by atoms with E-state index in [9.17, 15) is 19.5 Å². The lowest BCUT2D eigenvalue weighted by Gasteiger charge is -2.38. The molecule has 226 valence electrons. The van der Waals surface area contributed by atoms with Crippen molar-refractivity contribution in [1.82, 2.24) is 4.90 Å². The van der Waals surface area contributed by atoms with Crippen LogP contribution >= 0.6 is 0 Å². The predicted octanol–water partition coefficient (Wildman–Crippen LogP) is 4.60. The molecule has 3 aromatic rings. The van der Waals surface area contributed by atoms with Crippen LogP contribution in [0, 0.1) is 17.8 Å². The topological polar surface area (TPSA) is 117 Å². The van der Waals surface area contributed by atoms with Crippen LogP contribution in [-0.2, 0) is 19.1 Å². The Morgan fingerprint density at radius 2 is 1.72 bits per heavy atom. The SMILES string of the molecule is CCOc1ccc(NC(=O)[C@@H]2[C@@H]3CCC4(O3)C(C(=O)Nc3ccc5ccccc5c3)N([C@@H](CO)[C@@H](C)CC)C(=O)[C@H]24)cc1. The summed E-state index contributed by atoms with van der Waals surface area (Å²) >= 11 is 0. The van der Waals surface area contributed by atoms with Crippen molar-refractivity contribution in [2.75, 3.05) is 23.8 Å². The molecule has 3 fully saturated rings. The van der Waals surface area contributed by atoms with Crippen LogP contribution in [0.15, 0.2) is 66.7 Å². The molecule has 0 saturated carbocycles. The van der Waals surface area contributed by atoms with Crippen molar-refractivity contribution in [3.63, 3.8) is 0 Å². The molecule has 3 aliphatic rings. The first-order chi connectivity index (χ1) is 20.8. The zero-order chi connectivity index (χ0) is 30.3. The number of nitrogens with one attached hydrogen (secondary N) is 2. The standard InChI is InChI=1S/C34H39N3O6/c1-4-20(3)26(19-38)37-30(32(40)36-24-11-10-21-8-6-7-9-22(21)18-24)34-17-16-27(43-34)28(29(34)33(37)41)31(39)35-23-12-14-25(15-13-23)42-5-2/h6-15,18,20,26-30,38H,4-5,16-17,19H2,1-3H3,(H,35,39)(H,36,40)/t20-,26-,27-,28+,29-,30?,34?/m0/s1. The van der Waals surface area contributed by atoms with Gasteiger partial charge < -0.3 is 30.1 Å². The molecule has 0 aliphatic carbocycles. The Hall–Kier alpha value is -3.95. The minimum atomic E-state index is -1.16.